The second-order valence-electron chi connectivity index (χ2n) is 3.83. The van der Waals surface area contributed by atoms with Gasteiger partial charge in [-0.1, -0.05) is 0 Å². The van der Waals surface area contributed by atoms with Gasteiger partial charge in [-0.3, -0.25) is 0 Å². The van der Waals surface area contributed by atoms with E-state index in [1.807, 2.05) is 6.92 Å². The Balaban J connectivity index is 1.79. The van der Waals surface area contributed by atoms with Crippen molar-refractivity contribution in [1.29, 1.82) is 0 Å². The summed E-state index contributed by atoms with van der Waals surface area (Å²) in [5.41, 5.74) is 0.499. The summed E-state index contributed by atoms with van der Waals surface area (Å²) in [7, 11) is 0. The van der Waals surface area contributed by atoms with E-state index in [2.05, 4.69) is 0 Å². The monoisotopic (exact) mass is 252 g/mol. The summed E-state index contributed by atoms with van der Waals surface area (Å²) in [6, 6.07) is 6.75. The molecule has 2 rings (SSSR count). The first-order chi connectivity index (χ1) is 8.79. The fraction of sp³-hybridized carbons (Fsp3) is 0.462. The summed E-state index contributed by atoms with van der Waals surface area (Å²) >= 11 is 0. The first kappa shape index (κ1) is 12.9. The zero-order valence-corrected chi connectivity index (χ0v) is 10.3. The lowest BCUT2D eigenvalue weighted by molar-refractivity contribution is 0.0224. The Morgan fingerprint density at radius 2 is 2.11 bits per heavy atom. The summed E-state index contributed by atoms with van der Waals surface area (Å²) < 4.78 is 20.4. The maximum Gasteiger partial charge on any atom is 0.338 e. The average Bonchev–Trinajstić information content (AvgIpc) is 3.21. The Labute approximate surface area is 106 Å². The zero-order valence-electron chi connectivity index (χ0n) is 10.3. The van der Waals surface area contributed by atoms with E-state index < -0.39 is 0 Å². The molecule has 0 amide bonds. The predicted octanol–water partition coefficient (Wildman–Crippen LogP) is 1.61. The molecule has 5 heteroatoms. The largest absolute Gasteiger partial charge is 0.468 e. The molecule has 5 nitrogen and oxygen atoms in total. The molecule has 0 aromatic heterocycles. The smallest absolute Gasteiger partial charge is 0.338 e. The van der Waals surface area contributed by atoms with Crippen molar-refractivity contribution in [3.05, 3.63) is 29.8 Å². The first-order valence-electron chi connectivity index (χ1n) is 5.89. The van der Waals surface area contributed by atoms with Gasteiger partial charge in [0.2, 0.25) is 0 Å². The van der Waals surface area contributed by atoms with Crippen molar-refractivity contribution in [3.8, 4) is 5.75 Å². The van der Waals surface area contributed by atoms with Crippen molar-refractivity contribution in [2.45, 2.75) is 13.0 Å². The number of hydrogen-bond acceptors (Lipinski definition) is 5. The molecule has 0 spiro atoms. The lowest BCUT2D eigenvalue weighted by Gasteiger charge is -2.06. The van der Waals surface area contributed by atoms with Crippen molar-refractivity contribution >= 4 is 5.97 Å². The zero-order chi connectivity index (χ0) is 12.8. The van der Waals surface area contributed by atoms with Gasteiger partial charge in [-0.25, -0.2) is 4.79 Å². The molecule has 1 aliphatic rings. The minimum Gasteiger partial charge on any atom is -0.468 e. The van der Waals surface area contributed by atoms with E-state index in [1.54, 1.807) is 24.3 Å². The topological polar surface area (TPSA) is 57.3 Å². The van der Waals surface area contributed by atoms with E-state index in [4.69, 9.17) is 18.9 Å². The third-order valence-corrected chi connectivity index (χ3v) is 2.41. The lowest BCUT2D eigenvalue weighted by Crippen LogP contribution is -2.10. The molecule has 0 aliphatic carbocycles. The molecule has 0 saturated carbocycles. The maximum atomic E-state index is 11.6. The summed E-state index contributed by atoms with van der Waals surface area (Å²) in [6.07, 6.45) is 0.0859. The van der Waals surface area contributed by atoms with Crippen LogP contribution in [0.1, 0.15) is 17.3 Å². The quantitative estimate of drug-likeness (QED) is 0.319. The van der Waals surface area contributed by atoms with Gasteiger partial charge in [-0.2, -0.15) is 0 Å². The molecule has 18 heavy (non-hydrogen) atoms. The number of benzene rings is 1. The highest BCUT2D eigenvalue weighted by atomic mass is 16.7. The number of ether oxygens (including phenoxy) is 4. The van der Waals surface area contributed by atoms with Gasteiger partial charge in [0.05, 0.1) is 12.2 Å². The van der Waals surface area contributed by atoms with Crippen LogP contribution in [0.15, 0.2) is 24.3 Å². The molecule has 1 aromatic carbocycles. The van der Waals surface area contributed by atoms with Gasteiger partial charge in [0.1, 0.15) is 18.5 Å². The van der Waals surface area contributed by atoms with E-state index in [0.717, 1.165) is 0 Å². The third kappa shape index (κ3) is 4.01. The van der Waals surface area contributed by atoms with Crippen LogP contribution >= 0.6 is 0 Å². The Kier molecular flexibility index (Phi) is 4.55. The first-order valence-corrected chi connectivity index (χ1v) is 5.89. The summed E-state index contributed by atoms with van der Waals surface area (Å²) in [5, 5.41) is 0. The molecule has 0 N–H and O–H groups in total. The number of hydrogen-bond donors (Lipinski definition) is 0. The standard InChI is InChI=1S/C13H16O5/c1-2-15-9-18-11-5-3-10(4-6-11)13(14)17-8-12-7-16-12/h3-6,12H,2,7-9H2,1H3. The highest BCUT2D eigenvalue weighted by molar-refractivity contribution is 5.89. The fourth-order valence-corrected chi connectivity index (χ4v) is 1.30. The normalized spacial score (nSPS) is 17.3. The second kappa shape index (κ2) is 6.37. The number of carbonyl (C=O) groups excluding carboxylic acids is 1. The Morgan fingerprint density at radius 1 is 1.39 bits per heavy atom. The summed E-state index contributed by atoms with van der Waals surface area (Å²) in [6.45, 7) is 3.71. The molecule has 0 bridgehead atoms. The molecule has 1 saturated heterocycles. The predicted molar refractivity (Wildman–Crippen MR) is 63.6 cm³/mol. The molecule has 1 fully saturated rings. The number of carbonyl (C=O) groups is 1. The maximum absolute atomic E-state index is 11.6. The van der Waals surface area contributed by atoms with Crippen molar-refractivity contribution < 1.29 is 23.7 Å². The minimum atomic E-state index is -0.346. The van der Waals surface area contributed by atoms with E-state index in [9.17, 15) is 4.79 Å². The van der Waals surface area contributed by atoms with Gasteiger partial charge in [0.15, 0.2) is 6.79 Å². The van der Waals surface area contributed by atoms with Crippen LogP contribution < -0.4 is 4.74 Å². The molecule has 1 unspecified atom stereocenters. The van der Waals surface area contributed by atoms with E-state index in [0.29, 0.717) is 31.1 Å². The van der Waals surface area contributed by atoms with Gasteiger partial charge >= 0.3 is 5.97 Å². The summed E-state index contributed by atoms with van der Waals surface area (Å²) in [4.78, 5) is 11.6. The van der Waals surface area contributed by atoms with Gasteiger partial charge in [-0.05, 0) is 31.2 Å². The van der Waals surface area contributed by atoms with Crippen LogP contribution in [-0.2, 0) is 14.2 Å². The Hall–Kier alpha value is -1.59. The van der Waals surface area contributed by atoms with Gasteiger partial charge in [0, 0.05) is 6.61 Å². The molecular formula is C13H16O5. The highest BCUT2D eigenvalue weighted by Gasteiger charge is 2.24. The van der Waals surface area contributed by atoms with Gasteiger partial charge in [0.25, 0.3) is 0 Å². The molecule has 98 valence electrons. The second-order valence-corrected chi connectivity index (χ2v) is 3.83. The Bertz CT molecular complexity index is 383. The molecule has 1 atom stereocenters. The molecule has 1 heterocycles. The molecule has 0 radical (unpaired) electrons. The van der Waals surface area contributed by atoms with E-state index in [-0.39, 0.29) is 18.9 Å². The number of rotatable bonds is 7. The number of epoxide rings is 1. The third-order valence-electron chi connectivity index (χ3n) is 2.41. The summed E-state index contributed by atoms with van der Waals surface area (Å²) in [5.74, 6) is 0.312. The SMILES string of the molecule is CCOCOc1ccc(C(=O)OCC2CO2)cc1. The van der Waals surface area contributed by atoms with Crippen molar-refractivity contribution in [2.75, 3.05) is 26.6 Å². The van der Waals surface area contributed by atoms with Crippen molar-refractivity contribution in [3.63, 3.8) is 0 Å². The van der Waals surface area contributed by atoms with Crippen LogP contribution in [0.5, 0.6) is 5.75 Å². The Morgan fingerprint density at radius 3 is 2.72 bits per heavy atom. The van der Waals surface area contributed by atoms with Gasteiger partial charge in [-0.15, -0.1) is 0 Å². The van der Waals surface area contributed by atoms with Gasteiger partial charge < -0.3 is 18.9 Å². The molecule has 1 aromatic rings. The average molecular weight is 252 g/mol. The number of esters is 1. The highest BCUT2D eigenvalue weighted by Crippen LogP contribution is 2.14. The molecular weight excluding hydrogens is 236 g/mol. The fourth-order valence-electron chi connectivity index (χ4n) is 1.30. The van der Waals surface area contributed by atoms with Crippen LogP contribution in [0.25, 0.3) is 0 Å². The van der Waals surface area contributed by atoms with Crippen LogP contribution in [0, 0.1) is 0 Å². The van der Waals surface area contributed by atoms with Crippen LogP contribution in [0.3, 0.4) is 0 Å². The van der Waals surface area contributed by atoms with Crippen molar-refractivity contribution in [2.24, 2.45) is 0 Å². The van der Waals surface area contributed by atoms with Crippen LogP contribution in [0.4, 0.5) is 0 Å². The van der Waals surface area contributed by atoms with E-state index in [1.165, 1.54) is 0 Å². The lowest BCUT2D eigenvalue weighted by atomic mass is 10.2. The van der Waals surface area contributed by atoms with E-state index >= 15 is 0 Å². The molecule has 1 aliphatic heterocycles. The van der Waals surface area contributed by atoms with Crippen LogP contribution in [0.2, 0.25) is 0 Å². The van der Waals surface area contributed by atoms with Crippen molar-refractivity contribution in [1.82, 2.24) is 0 Å². The minimum absolute atomic E-state index is 0.0859. The van der Waals surface area contributed by atoms with Crippen LogP contribution in [-0.4, -0.2) is 38.7 Å².